The van der Waals surface area contributed by atoms with Crippen LogP contribution in [0.4, 0.5) is 15.9 Å². The molecule has 4 rings (SSSR count). The lowest BCUT2D eigenvalue weighted by Crippen LogP contribution is -2.59. The molecule has 0 amide bonds. The highest BCUT2D eigenvalue weighted by Crippen LogP contribution is 2.24. The second-order valence-corrected chi connectivity index (χ2v) is 7.79. The molecule has 1 unspecified atom stereocenters. The van der Waals surface area contributed by atoms with Gasteiger partial charge in [-0.2, -0.15) is 5.26 Å². The molecule has 1 fully saturated rings. The summed E-state index contributed by atoms with van der Waals surface area (Å²) in [5.74, 6) is 1.02. The molecule has 1 aromatic heterocycles. The normalized spacial score (nSPS) is 17.1. The van der Waals surface area contributed by atoms with E-state index in [2.05, 4.69) is 34.0 Å². The fourth-order valence-corrected chi connectivity index (χ4v) is 3.82. The van der Waals surface area contributed by atoms with E-state index in [4.69, 9.17) is 4.98 Å². The lowest BCUT2D eigenvalue weighted by Gasteiger charge is -2.44. The number of hydrogen-bond donors (Lipinski definition) is 1. The van der Waals surface area contributed by atoms with Gasteiger partial charge in [0.25, 0.3) is 0 Å². The van der Waals surface area contributed by atoms with E-state index < -0.39 is 5.82 Å². The number of halogens is 1. The minimum absolute atomic E-state index is 0.0494. The highest BCUT2D eigenvalue weighted by atomic mass is 19.1. The first-order chi connectivity index (χ1) is 15.1. The van der Waals surface area contributed by atoms with E-state index in [1.165, 1.54) is 6.07 Å². The van der Waals surface area contributed by atoms with Crippen LogP contribution in [-0.4, -0.2) is 46.5 Å². The average molecular weight is 417 g/mol. The van der Waals surface area contributed by atoms with Crippen molar-refractivity contribution in [3.8, 4) is 6.19 Å². The van der Waals surface area contributed by atoms with Crippen molar-refractivity contribution in [2.24, 2.45) is 10.9 Å². The fraction of sp³-hybridized carbons (Fsp3) is 0.304. The number of aromatic nitrogens is 2. The van der Waals surface area contributed by atoms with Gasteiger partial charge in [0.15, 0.2) is 6.19 Å². The third kappa shape index (κ3) is 4.40. The SMILES string of the molecule is CC(C)C1CN(c2cnc3ccccc3n2)CCN1C(=Nc1ccccc1F)NC#N. The summed E-state index contributed by atoms with van der Waals surface area (Å²) in [6, 6.07) is 14.1. The molecule has 0 aliphatic carbocycles. The fourth-order valence-electron chi connectivity index (χ4n) is 3.82. The van der Waals surface area contributed by atoms with Crippen molar-refractivity contribution in [2.75, 3.05) is 24.5 Å². The first kappa shape index (κ1) is 20.5. The summed E-state index contributed by atoms with van der Waals surface area (Å²) in [7, 11) is 0. The first-order valence-electron chi connectivity index (χ1n) is 10.3. The number of hydrogen-bond acceptors (Lipinski definition) is 5. The molecule has 158 valence electrons. The first-order valence-corrected chi connectivity index (χ1v) is 10.3. The zero-order chi connectivity index (χ0) is 21.8. The van der Waals surface area contributed by atoms with Gasteiger partial charge in [-0.3, -0.25) is 10.3 Å². The van der Waals surface area contributed by atoms with Gasteiger partial charge in [-0.05, 0) is 30.2 Å². The highest BCUT2D eigenvalue weighted by molar-refractivity contribution is 5.84. The second-order valence-electron chi connectivity index (χ2n) is 7.79. The van der Waals surface area contributed by atoms with Crippen LogP contribution in [0.1, 0.15) is 13.8 Å². The Bertz CT molecular complexity index is 1140. The lowest BCUT2D eigenvalue weighted by molar-refractivity contribution is 0.220. The Balaban J connectivity index is 1.62. The van der Waals surface area contributed by atoms with Crippen LogP contribution >= 0.6 is 0 Å². The zero-order valence-corrected chi connectivity index (χ0v) is 17.5. The quantitative estimate of drug-likeness (QED) is 0.303. The summed E-state index contributed by atoms with van der Waals surface area (Å²) in [6.45, 7) is 6.23. The Kier molecular flexibility index (Phi) is 5.94. The van der Waals surface area contributed by atoms with Crippen LogP contribution < -0.4 is 10.2 Å². The van der Waals surface area contributed by atoms with Gasteiger partial charge in [0, 0.05) is 19.6 Å². The molecule has 2 heterocycles. The molecule has 8 heteroatoms. The van der Waals surface area contributed by atoms with Crippen molar-refractivity contribution in [3.05, 3.63) is 60.5 Å². The third-order valence-electron chi connectivity index (χ3n) is 5.47. The minimum Gasteiger partial charge on any atom is -0.351 e. The lowest BCUT2D eigenvalue weighted by atomic mass is 10.00. The summed E-state index contributed by atoms with van der Waals surface area (Å²) >= 11 is 0. The Morgan fingerprint density at radius 1 is 1.16 bits per heavy atom. The molecule has 0 saturated carbocycles. The molecule has 3 aromatic rings. The number of anilines is 1. The Morgan fingerprint density at radius 3 is 2.65 bits per heavy atom. The zero-order valence-electron chi connectivity index (χ0n) is 17.5. The van der Waals surface area contributed by atoms with E-state index in [-0.39, 0.29) is 17.6 Å². The maximum absolute atomic E-state index is 14.2. The molecule has 1 aliphatic rings. The predicted molar refractivity (Wildman–Crippen MR) is 119 cm³/mol. The Labute approximate surface area is 180 Å². The standard InChI is InChI=1S/C23H24FN7/c1-16(2)21-14-30(22-13-26-19-9-5-6-10-20(19)28-22)11-12-31(21)23(27-15-25)29-18-8-4-3-7-17(18)24/h3-10,13,16,21H,11-12,14H2,1-2H3,(H,27,29). The number of aliphatic imine (C=N–C) groups is 1. The van der Waals surface area contributed by atoms with Crippen molar-refractivity contribution in [3.63, 3.8) is 0 Å². The van der Waals surface area contributed by atoms with Crippen LogP contribution in [0.5, 0.6) is 0 Å². The average Bonchev–Trinajstić information content (AvgIpc) is 2.79. The van der Waals surface area contributed by atoms with E-state index in [0.717, 1.165) is 16.9 Å². The molecule has 2 aromatic carbocycles. The van der Waals surface area contributed by atoms with Crippen molar-refractivity contribution in [1.82, 2.24) is 20.2 Å². The van der Waals surface area contributed by atoms with Crippen LogP contribution in [0.3, 0.4) is 0 Å². The van der Waals surface area contributed by atoms with Crippen LogP contribution in [0.2, 0.25) is 0 Å². The third-order valence-corrected chi connectivity index (χ3v) is 5.47. The summed E-state index contributed by atoms with van der Waals surface area (Å²) in [4.78, 5) is 18.0. The van der Waals surface area contributed by atoms with E-state index in [0.29, 0.717) is 25.6 Å². The van der Waals surface area contributed by atoms with Crippen LogP contribution in [0, 0.1) is 23.2 Å². The van der Waals surface area contributed by atoms with Crippen LogP contribution in [0.25, 0.3) is 11.0 Å². The van der Waals surface area contributed by atoms with Crippen molar-refractivity contribution >= 4 is 28.5 Å². The number of nitrogens with one attached hydrogen (secondary N) is 1. The smallest absolute Gasteiger partial charge is 0.213 e. The van der Waals surface area contributed by atoms with Crippen molar-refractivity contribution in [2.45, 2.75) is 19.9 Å². The van der Waals surface area contributed by atoms with Crippen molar-refractivity contribution in [1.29, 1.82) is 5.26 Å². The van der Waals surface area contributed by atoms with Gasteiger partial charge in [-0.1, -0.05) is 38.1 Å². The van der Waals surface area contributed by atoms with E-state index >= 15 is 0 Å². The minimum atomic E-state index is -0.425. The number of piperazine rings is 1. The molecule has 1 aliphatic heterocycles. The van der Waals surface area contributed by atoms with Crippen molar-refractivity contribution < 1.29 is 4.39 Å². The maximum Gasteiger partial charge on any atom is 0.213 e. The van der Waals surface area contributed by atoms with Gasteiger partial charge in [0.05, 0.1) is 23.3 Å². The number of guanidine groups is 1. The van der Waals surface area contributed by atoms with E-state index in [1.54, 1.807) is 24.4 Å². The summed E-state index contributed by atoms with van der Waals surface area (Å²) in [5.41, 5.74) is 1.92. The number of para-hydroxylation sites is 3. The molecular weight excluding hydrogens is 393 g/mol. The monoisotopic (exact) mass is 417 g/mol. The van der Waals surface area contributed by atoms with Gasteiger partial charge in [0.2, 0.25) is 5.96 Å². The number of nitrogens with zero attached hydrogens (tertiary/aromatic N) is 6. The number of fused-ring (bicyclic) bond motifs is 1. The largest absolute Gasteiger partial charge is 0.351 e. The molecule has 31 heavy (non-hydrogen) atoms. The molecule has 0 spiro atoms. The Morgan fingerprint density at radius 2 is 1.90 bits per heavy atom. The predicted octanol–water partition coefficient (Wildman–Crippen LogP) is 3.67. The Hall–Kier alpha value is -3.73. The van der Waals surface area contributed by atoms with Gasteiger partial charge < -0.3 is 9.80 Å². The van der Waals surface area contributed by atoms with Gasteiger partial charge >= 0.3 is 0 Å². The highest BCUT2D eigenvalue weighted by Gasteiger charge is 2.32. The molecular formula is C23H24FN7. The van der Waals surface area contributed by atoms with Gasteiger partial charge in [-0.25, -0.2) is 14.4 Å². The summed E-state index contributed by atoms with van der Waals surface area (Å²) in [5, 5.41) is 11.9. The molecule has 0 bridgehead atoms. The number of nitriles is 1. The topological polar surface area (TPSA) is 80.4 Å². The molecule has 0 radical (unpaired) electrons. The van der Waals surface area contributed by atoms with Gasteiger partial charge in [0.1, 0.15) is 17.3 Å². The molecule has 1 saturated heterocycles. The maximum atomic E-state index is 14.2. The molecule has 1 N–H and O–H groups in total. The van der Waals surface area contributed by atoms with E-state index in [9.17, 15) is 9.65 Å². The van der Waals surface area contributed by atoms with E-state index in [1.807, 2.05) is 35.4 Å². The van der Waals surface area contributed by atoms with Crippen LogP contribution in [0.15, 0.2) is 59.7 Å². The van der Waals surface area contributed by atoms with Crippen LogP contribution in [-0.2, 0) is 0 Å². The second kappa shape index (κ2) is 8.96. The summed E-state index contributed by atoms with van der Waals surface area (Å²) in [6.07, 6.45) is 3.75. The number of benzene rings is 2. The van der Waals surface area contributed by atoms with Gasteiger partial charge in [-0.15, -0.1) is 0 Å². The number of rotatable bonds is 3. The molecule has 7 nitrogen and oxygen atoms in total. The summed E-state index contributed by atoms with van der Waals surface area (Å²) < 4.78 is 14.2. The molecule has 1 atom stereocenters.